The van der Waals surface area contributed by atoms with Crippen LogP contribution in [0.4, 0.5) is 13.2 Å². The first-order valence-corrected chi connectivity index (χ1v) is 9.72. The van der Waals surface area contributed by atoms with Gasteiger partial charge < -0.3 is 9.47 Å². The molecule has 11 heteroatoms. The van der Waals surface area contributed by atoms with Gasteiger partial charge in [0.05, 0.1) is 11.8 Å². The predicted octanol–water partition coefficient (Wildman–Crippen LogP) is 2.85. The largest absolute Gasteiger partial charge is 0.481 e. The fraction of sp³-hybridized carbons (Fsp3) is 0.235. The Labute approximate surface area is 159 Å². The summed E-state index contributed by atoms with van der Waals surface area (Å²) < 4.78 is 70.3. The van der Waals surface area contributed by atoms with Crippen molar-refractivity contribution < 1.29 is 35.9 Å². The molecule has 0 aliphatic carbocycles. The average molecular weight is 418 g/mol. The Hall–Kier alpha value is -2.79. The van der Waals surface area contributed by atoms with Crippen molar-refractivity contribution in [2.24, 2.45) is 0 Å². The molecule has 1 atom stereocenters. The molecule has 0 aliphatic heterocycles. The van der Waals surface area contributed by atoms with Crippen molar-refractivity contribution in [3.63, 3.8) is 0 Å². The zero-order chi connectivity index (χ0) is 20.9. The third kappa shape index (κ3) is 6.74. The van der Waals surface area contributed by atoms with E-state index < -0.39 is 33.8 Å². The van der Waals surface area contributed by atoms with Crippen LogP contribution in [0.5, 0.6) is 17.2 Å². The lowest BCUT2D eigenvalue weighted by atomic mass is 10.2. The average Bonchev–Trinajstić information content (AvgIpc) is 2.60. The van der Waals surface area contributed by atoms with Crippen LogP contribution >= 0.6 is 0 Å². The van der Waals surface area contributed by atoms with Gasteiger partial charge in [0.15, 0.2) is 6.10 Å². The van der Waals surface area contributed by atoms with E-state index in [1.54, 1.807) is 0 Å². The number of hydrogen-bond donors (Lipinski definition) is 2. The van der Waals surface area contributed by atoms with Crippen molar-refractivity contribution in [2.45, 2.75) is 19.2 Å². The Morgan fingerprint density at radius 2 is 1.43 bits per heavy atom. The van der Waals surface area contributed by atoms with Gasteiger partial charge in [-0.05, 0) is 55.5 Å². The maximum atomic E-state index is 12.5. The van der Waals surface area contributed by atoms with E-state index in [0.717, 1.165) is 18.4 Å². The van der Waals surface area contributed by atoms with Crippen molar-refractivity contribution >= 4 is 15.9 Å². The monoisotopic (exact) mass is 418 g/mol. The highest BCUT2D eigenvalue weighted by molar-refractivity contribution is 7.88. The zero-order valence-corrected chi connectivity index (χ0v) is 15.6. The van der Waals surface area contributed by atoms with Crippen LogP contribution in [0, 0.1) is 0 Å². The maximum absolute atomic E-state index is 12.5. The summed E-state index contributed by atoms with van der Waals surface area (Å²) in [4.78, 5) is 13.6. The first-order chi connectivity index (χ1) is 12.9. The van der Waals surface area contributed by atoms with Crippen molar-refractivity contribution in [1.29, 1.82) is 0 Å². The van der Waals surface area contributed by atoms with Gasteiger partial charge in [0, 0.05) is 0 Å². The van der Waals surface area contributed by atoms with Gasteiger partial charge in [0.25, 0.3) is 5.91 Å². The number of carbonyl (C=O) groups is 1. The lowest BCUT2D eigenvalue weighted by Gasteiger charge is -2.15. The van der Waals surface area contributed by atoms with Crippen LogP contribution in [0.1, 0.15) is 12.5 Å². The second-order valence-corrected chi connectivity index (χ2v) is 7.47. The summed E-state index contributed by atoms with van der Waals surface area (Å²) in [5, 5.41) is 0. The summed E-state index contributed by atoms with van der Waals surface area (Å²) in [6, 6.07) is 10.2. The topological polar surface area (TPSA) is 93.7 Å². The van der Waals surface area contributed by atoms with Crippen LogP contribution in [-0.4, -0.2) is 26.7 Å². The molecule has 0 radical (unpaired) electrons. The molecular weight excluding hydrogens is 401 g/mol. The molecule has 2 aromatic rings. The number of nitrogens with one attached hydrogen (secondary N) is 2. The van der Waals surface area contributed by atoms with Gasteiger partial charge in [-0.1, -0.05) is 0 Å². The highest BCUT2D eigenvalue weighted by Crippen LogP contribution is 2.31. The van der Waals surface area contributed by atoms with Crippen molar-refractivity contribution in [3.8, 4) is 17.2 Å². The maximum Gasteiger partial charge on any atom is 0.416 e. The number of rotatable bonds is 7. The molecule has 1 unspecified atom stereocenters. The number of benzene rings is 2. The summed E-state index contributed by atoms with van der Waals surface area (Å²) in [6.07, 6.45) is -4.53. The number of hydrogen-bond acceptors (Lipinski definition) is 5. The van der Waals surface area contributed by atoms with Crippen molar-refractivity contribution in [1.82, 2.24) is 10.3 Å². The van der Waals surface area contributed by atoms with E-state index in [0.29, 0.717) is 11.5 Å². The molecule has 2 aromatic carbocycles. The molecule has 0 spiro atoms. The van der Waals surface area contributed by atoms with Crippen LogP contribution in [-0.2, 0) is 21.0 Å². The molecule has 0 fully saturated rings. The van der Waals surface area contributed by atoms with Crippen LogP contribution in [0.25, 0.3) is 0 Å². The van der Waals surface area contributed by atoms with E-state index >= 15 is 0 Å². The van der Waals surface area contributed by atoms with Crippen molar-refractivity contribution in [2.75, 3.05) is 6.26 Å². The van der Waals surface area contributed by atoms with Gasteiger partial charge in [-0.15, -0.1) is 4.83 Å². The van der Waals surface area contributed by atoms with Gasteiger partial charge in [-0.25, -0.2) is 8.42 Å². The second kappa shape index (κ2) is 8.48. The molecule has 152 valence electrons. The Kier molecular flexibility index (Phi) is 6.52. The Balaban J connectivity index is 1.93. The minimum absolute atomic E-state index is 0.223. The number of hydrazine groups is 1. The predicted molar refractivity (Wildman–Crippen MR) is 94.2 cm³/mol. The number of ether oxygens (including phenoxy) is 2. The minimum atomic E-state index is -4.42. The third-order valence-corrected chi connectivity index (χ3v) is 3.76. The van der Waals surface area contributed by atoms with Gasteiger partial charge in [0.1, 0.15) is 17.2 Å². The van der Waals surface area contributed by atoms with E-state index in [1.807, 2.05) is 10.3 Å². The molecule has 0 bridgehead atoms. The quantitative estimate of drug-likeness (QED) is 0.675. The molecule has 28 heavy (non-hydrogen) atoms. The number of carbonyl (C=O) groups excluding carboxylic acids is 1. The third-order valence-electron chi connectivity index (χ3n) is 3.28. The molecule has 7 nitrogen and oxygen atoms in total. The molecule has 0 aliphatic rings. The molecule has 0 saturated heterocycles. The Bertz CT molecular complexity index is 913. The molecule has 1 amide bonds. The van der Waals surface area contributed by atoms with E-state index in [4.69, 9.17) is 9.47 Å². The highest BCUT2D eigenvalue weighted by atomic mass is 32.2. The van der Waals surface area contributed by atoms with E-state index in [1.165, 1.54) is 43.3 Å². The van der Waals surface area contributed by atoms with E-state index in [-0.39, 0.29) is 5.75 Å². The molecule has 0 heterocycles. The number of alkyl halides is 3. The Morgan fingerprint density at radius 3 is 1.89 bits per heavy atom. The smallest absolute Gasteiger partial charge is 0.416 e. The van der Waals surface area contributed by atoms with Crippen LogP contribution in [0.15, 0.2) is 48.5 Å². The molecule has 0 aromatic heterocycles. The van der Waals surface area contributed by atoms with Crippen molar-refractivity contribution in [3.05, 3.63) is 54.1 Å². The molecule has 2 rings (SSSR count). The van der Waals surface area contributed by atoms with Gasteiger partial charge in [0.2, 0.25) is 10.0 Å². The summed E-state index contributed by atoms with van der Waals surface area (Å²) in [7, 11) is -3.59. The highest BCUT2D eigenvalue weighted by Gasteiger charge is 2.30. The summed E-state index contributed by atoms with van der Waals surface area (Å²) >= 11 is 0. The molecule has 2 N–H and O–H groups in total. The van der Waals surface area contributed by atoms with Crippen LogP contribution < -0.4 is 19.7 Å². The first-order valence-electron chi connectivity index (χ1n) is 7.82. The summed E-state index contributed by atoms with van der Waals surface area (Å²) in [6.45, 7) is 1.42. The van der Waals surface area contributed by atoms with E-state index in [2.05, 4.69) is 0 Å². The lowest BCUT2D eigenvalue weighted by Crippen LogP contribution is -2.46. The van der Waals surface area contributed by atoms with Crippen LogP contribution in [0.2, 0.25) is 0 Å². The van der Waals surface area contributed by atoms with Gasteiger partial charge >= 0.3 is 6.18 Å². The standard InChI is InChI=1S/C17H17F3N2O5S/c1-11(16(23)21-22-28(2,24)25)26-13-7-9-15(10-8-13)27-14-5-3-12(4-6-14)17(18,19)20/h3-11,22H,1-2H3,(H,21,23). The Morgan fingerprint density at radius 1 is 0.964 bits per heavy atom. The second-order valence-electron chi connectivity index (χ2n) is 5.72. The summed E-state index contributed by atoms with van der Waals surface area (Å²) in [5.74, 6) is 0.182. The molecular formula is C17H17F3N2O5S. The normalized spacial score (nSPS) is 12.9. The fourth-order valence-electron chi connectivity index (χ4n) is 1.94. The molecule has 0 saturated carbocycles. The number of halogens is 3. The summed E-state index contributed by atoms with van der Waals surface area (Å²) in [5.41, 5.74) is 1.22. The first kappa shape index (κ1) is 21.5. The van der Waals surface area contributed by atoms with E-state index in [9.17, 15) is 26.4 Å². The van der Waals surface area contributed by atoms with Gasteiger partial charge in [-0.2, -0.15) is 13.2 Å². The lowest BCUT2D eigenvalue weighted by molar-refractivity contribution is -0.137. The zero-order valence-electron chi connectivity index (χ0n) is 14.8. The van der Waals surface area contributed by atoms with Gasteiger partial charge in [-0.3, -0.25) is 10.2 Å². The van der Waals surface area contributed by atoms with Crippen LogP contribution in [0.3, 0.4) is 0 Å². The SMILES string of the molecule is CC(Oc1ccc(Oc2ccc(C(F)(F)F)cc2)cc1)C(=O)NNS(C)(=O)=O. The minimum Gasteiger partial charge on any atom is -0.481 e. The number of sulfonamides is 1. The fourth-order valence-corrected chi connectivity index (χ4v) is 2.22. The number of amides is 1.